The molecule has 0 bridgehead atoms. The number of carbonyl (C=O) groups is 1. The maximum Gasteiger partial charge on any atom is 0.319 e. The standard InChI is InChI=1S/C27H30N4O2S/c1-30(2)27(32)31(18-6-17-28-26-24-7-4-5-8-25(24)34-29-26)19-20-9-11-21(12-10-20)22-13-15-23(33-3)16-14-22/h4-5,7-16H,6,17-19H2,1-3H3,(H,28,29). The SMILES string of the molecule is COc1ccc(-c2ccc(CN(CCCNc3nsc4ccccc34)C(=O)N(C)C)cc2)cc1. The summed E-state index contributed by atoms with van der Waals surface area (Å²) >= 11 is 1.50. The van der Waals surface area contributed by atoms with Gasteiger partial charge in [0.25, 0.3) is 0 Å². The lowest BCUT2D eigenvalue weighted by atomic mass is 10.0. The van der Waals surface area contributed by atoms with E-state index in [0.29, 0.717) is 13.1 Å². The molecule has 6 nitrogen and oxygen atoms in total. The Labute approximate surface area is 204 Å². The van der Waals surface area contributed by atoms with Crippen LogP contribution in [0.5, 0.6) is 5.75 Å². The van der Waals surface area contributed by atoms with Crippen LogP contribution < -0.4 is 10.1 Å². The average Bonchev–Trinajstić information content (AvgIpc) is 3.29. The molecule has 4 rings (SSSR count). The lowest BCUT2D eigenvalue weighted by molar-refractivity contribution is 0.168. The van der Waals surface area contributed by atoms with Crippen LogP contribution in [0, 0.1) is 0 Å². The molecule has 2 amide bonds. The second-order valence-electron chi connectivity index (χ2n) is 8.33. The Morgan fingerprint density at radius 2 is 1.65 bits per heavy atom. The van der Waals surface area contributed by atoms with Gasteiger partial charge in [-0.2, -0.15) is 4.37 Å². The number of amides is 2. The zero-order valence-corrected chi connectivity index (χ0v) is 20.6. The average molecular weight is 475 g/mol. The van der Waals surface area contributed by atoms with Crippen molar-refractivity contribution in [1.82, 2.24) is 14.2 Å². The predicted octanol–water partition coefficient (Wildman–Crippen LogP) is 5.96. The van der Waals surface area contributed by atoms with Crippen molar-refractivity contribution in [1.29, 1.82) is 0 Å². The molecule has 1 heterocycles. The molecule has 4 aromatic rings. The zero-order valence-electron chi connectivity index (χ0n) is 19.8. The Hall–Kier alpha value is -3.58. The number of rotatable bonds is 9. The molecule has 0 aliphatic heterocycles. The van der Waals surface area contributed by atoms with Crippen LogP contribution in [-0.2, 0) is 6.54 Å². The molecule has 0 spiro atoms. The maximum absolute atomic E-state index is 12.8. The van der Waals surface area contributed by atoms with Crippen LogP contribution in [0.4, 0.5) is 10.6 Å². The fourth-order valence-electron chi connectivity index (χ4n) is 3.82. The van der Waals surface area contributed by atoms with Gasteiger partial charge in [-0.05, 0) is 58.9 Å². The molecule has 3 aromatic carbocycles. The topological polar surface area (TPSA) is 57.7 Å². The van der Waals surface area contributed by atoms with Crippen LogP contribution in [0.15, 0.2) is 72.8 Å². The summed E-state index contributed by atoms with van der Waals surface area (Å²) in [4.78, 5) is 16.3. The molecule has 176 valence electrons. The molecule has 0 aliphatic rings. The molecule has 0 atom stereocenters. The van der Waals surface area contributed by atoms with Gasteiger partial charge in [0.05, 0.1) is 11.8 Å². The van der Waals surface area contributed by atoms with Crippen molar-refractivity contribution in [3.8, 4) is 16.9 Å². The van der Waals surface area contributed by atoms with Gasteiger partial charge in [0.2, 0.25) is 0 Å². The highest BCUT2D eigenvalue weighted by Crippen LogP contribution is 2.26. The van der Waals surface area contributed by atoms with E-state index >= 15 is 0 Å². The van der Waals surface area contributed by atoms with E-state index in [1.165, 1.54) is 16.2 Å². The smallest absolute Gasteiger partial charge is 0.319 e. The van der Waals surface area contributed by atoms with Crippen LogP contribution in [0.2, 0.25) is 0 Å². The van der Waals surface area contributed by atoms with Crippen LogP contribution >= 0.6 is 11.5 Å². The van der Waals surface area contributed by atoms with Crippen molar-refractivity contribution < 1.29 is 9.53 Å². The second kappa shape index (κ2) is 11.0. The zero-order chi connectivity index (χ0) is 23.9. The van der Waals surface area contributed by atoms with Crippen molar-refractivity contribution in [3.63, 3.8) is 0 Å². The molecule has 0 radical (unpaired) electrons. The van der Waals surface area contributed by atoms with Crippen molar-refractivity contribution in [2.75, 3.05) is 39.6 Å². The third kappa shape index (κ3) is 5.66. The predicted molar refractivity (Wildman–Crippen MR) is 141 cm³/mol. The molecule has 34 heavy (non-hydrogen) atoms. The van der Waals surface area contributed by atoms with E-state index in [0.717, 1.165) is 46.6 Å². The van der Waals surface area contributed by atoms with Crippen LogP contribution in [0.3, 0.4) is 0 Å². The molecule has 0 fully saturated rings. The summed E-state index contributed by atoms with van der Waals surface area (Å²) in [5.41, 5.74) is 3.37. The molecule has 0 saturated heterocycles. The summed E-state index contributed by atoms with van der Waals surface area (Å²) in [7, 11) is 5.26. The van der Waals surface area contributed by atoms with Gasteiger partial charge in [0.15, 0.2) is 0 Å². The number of urea groups is 1. The summed E-state index contributed by atoms with van der Waals surface area (Å²) < 4.78 is 10.9. The van der Waals surface area contributed by atoms with Gasteiger partial charge in [-0.25, -0.2) is 4.79 Å². The number of carbonyl (C=O) groups excluding carboxylic acids is 1. The van der Waals surface area contributed by atoms with Crippen molar-refractivity contribution in [2.24, 2.45) is 0 Å². The van der Waals surface area contributed by atoms with Crippen LogP contribution in [0.25, 0.3) is 21.2 Å². The molecule has 1 N–H and O–H groups in total. The first-order valence-corrected chi connectivity index (χ1v) is 12.1. The third-order valence-corrected chi connectivity index (χ3v) is 6.51. The highest BCUT2D eigenvalue weighted by atomic mass is 32.1. The van der Waals surface area contributed by atoms with Gasteiger partial charge in [-0.3, -0.25) is 0 Å². The first-order valence-electron chi connectivity index (χ1n) is 11.3. The summed E-state index contributed by atoms with van der Waals surface area (Å²) in [5, 5.41) is 4.57. The number of nitrogens with one attached hydrogen (secondary N) is 1. The highest BCUT2D eigenvalue weighted by molar-refractivity contribution is 7.13. The molecular formula is C27H30N4O2S. The quantitative estimate of drug-likeness (QED) is 0.304. The van der Waals surface area contributed by atoms with Gasteiger partial charge in [0.1, 0.15) is 11.6 Å². The van der Waals surface area contributed by atoms with E-state index in [-0.39, 0.29) is 6.03 Å². The number of hydrogen-bond acceptors (Lipinski definition) is 5. The number of benzene rings is 3. The third-order valence-electron chi connectivity index (χ3n) is 5.68. The fraction of sp³-hybridized carbons (Fsp3) is 0.259. The monoisotopic (exact) mass is 474 g/mol. The summed E-state index contributed by atoms with van der Waals surface area (Å²) in [5.74, 6) is 1.76. The lowest BCUT2D eigenvalue weighted by Crippen LogP contribution is -2.39. The van der Waals surface area contributed by atoms with Crippen LogP contribution in [-0.4, -0.2) is 54.5 Å². The minimum Gasteiger partial charge on any atom is -0.497 e. The van der Waals surface area contributed by atoms with Gasteiger partial charge in [-0.1, -0.05) is 48.5 Å². The number of ether oxygens (including phenoxy) is 1. The fourth-order valence-corrected chi connectivity index (χ4v) is 4.58. The largest absolute Gasteiger partial charge is 0.497 e. The Bertz CT molecular complexity index is 1220. The normalized spacial score (nSPS) is 10.8. The second-order valence-corrected chi connectivity index (χ2v) is 9.14. The first kappa shape index (κ1) is 23.6. The van der Waals surface area contributed by atoms with E-state index < -0.39 is 0 Å². The molecule has 0 saturated carbocycles. The minimum absolute atomic E-state index is 0.0124. The van der Waals surface area contributed by atoms with Gasteiger partial charge in [-0.15, -0.1) is 0 Å². The van der Waals surface area contributed by atoms with E-state index in [1.807, 2.05) is 41.3 Å². The first-order chi connectivity index (χ1) is 16.5. The number of anilines is 1. The Balaban J connectivity index is 1.36. The Kier molecular flexibility index (Phi) is 7.65. The van der Waals surface area contributed by atoms with E-state index in [2.05, 4.69) is 46.1 Å². The lowest BCUT2D eigenvalue weighted by Gasteiger charge is -2.26. The molecule has 0 unspecified atom stereocenters. The van der Waals surface area contributed by atoms with E-state index in [4.69, 9.17) is 4.74 Å². The summed E-state index contributed by atoms with van der Waals surface area (Å²) in [6, 6.07) is 24.6. The van der Waals surface area contributed by atoms with Crippen LogP contribution in [0.1, 0.15) is 12.0 Å². The van der Waals surface area contributed by atoms with Crippen molar-refractivity contribution >= 4 is 33.5 Å². The molecule has 0 aliphatic carbocycles. The summed E-state index contributed by atoms with van der Waals surface area (Å²) in [6.45, 7) is 1.98. The van der Waals surface area contributed by atoms with Crippen molar-refractivity contribution in [3.05, 3.63) is 78.4 Å². The minimum atomic E-state index is 0.0124. The maximum atomic E-state index is 12.8. The number of nitrogens with zero attached hydrogens (tertiary/aromatic N) is 3. The van der Waals surface area contributed by atoms with E-state index in [1.54, 1.807) is 26.1 Å². The Morgan fingerprint density at radius 1 is 0.971 bits per heavy atom. The van der Waals surface area contributed by atoms with Gasteiger partial charge >= 0.3 is 6.03 Å². The van der Waals surface area contributed by atoms with E-state index in [9.17, 15) is 4.79 Å². The summed E-state index contributed by atoms with van der Waals surface area (Å²) in [6.07, 6.45) is 0.829. The Morgan fingerprint density at radius 3 is 2.32 bits per heavy atom. The van der Waals surface area contributed by atoms with Gasteiger partial charge < -0.3 is 19.9 Å². The molecule has 7 heteroatoms. The molecule has 1 aromatic heterocycles. The number of aromatic nitrogens is 1. The highest BCUT2D eigenvalue weighted by Gasteiger charge is 2.16. The van der Waals surface area contributed by atoms with Gasteiger partial charge in [0, 0.05) is 39.1 Å². The number of fused-ring (bicyclic) bond motifs is 1. The number of methoxy groups -OCH3 is 1. The van der Waals surface area contributed by atoms with Crippen molar-refractivity contribution in [2.45, 2.75) is 13.0 Å². The number of hydrogen-bond donors (Lipinski definition) is 1. The molecular weight excluding hydrogens is 444 g/mol.